The Morgan fingerprint density at radius 1 is 1.12 bits per heavy atom. The van der Waals surface area contributed by atoms with E-state index in [1.54, 1.807) is 7.11 Å². The maximum atomic E-state index is 6.40. The number of hydrogen-bond donors (Lipinski definition) is 1. The van der Waals surface area contributed by atoms with Crippen LogP contribution < -0.4 is 10.2 Å². The van der Waals surface area contributed by atoms with E-state index in [-0.39, 0.29) is 6.04 Å². The first-order chi connectivity index (χ1) is 11.7. The second-order valence-electron chi connectivity index (χ2n) is 5.73. The molecular weight excluding hydrogens is 322 g/mol. The quantitative estimate of drug-likeness (QED) is 0.723. The van der Waals surface area contributed by atoms with Gasteiger partial charge in [-0.2, -0.15) is 5.10 Å². The van der Waals surface area contributed by atoms with Crippen molar-refractivity contribution >= 4 is 28.2 Å². The van der Waals surface area contributed by atoms with Gasteiger partial charge in [0.2, 0.25) is 0 Å². The molecule has 0 radical (unpaired) electrons. The van der Waals surface area contributed by atoms with Crippen molar-refractivity contribution in [2.24, 2.45) is 5.10 Å². The lowest BCUT2D eigenvalue weighted by Crippen LogP contribution is -2.11. The van der Waals surface area contributed by atoms with Crippen LogP contribution in [-0.2, 0) is 0 Å². The molecule has 24 heavy (non-hydrogen) atoms. The Balaban J connectivity index is 1.60. The summed E-state index contributed by atoms with van der Waals surface area (Å²) in [6.45, 7) is 0. The highest BCUT2D eigenvalue weighted by molar-refractivity contribution is 6.30. The zero-order valence-corrected chi connectivity index (χ0v) is 13.9. The van der Waals surface area contributed by atoms with E-state index < -0.39 is 0 Å². The predicted octanol–water partition coefficient (Wildman–Crippen LogP) is 4.34. The largest absolute Gasteiger partial charge is 0.497 e. The van der Waals surface area contributed by atoms with Gasteiger partial charge in [0.05, 0.1) is 24.4 Å². The Bertz CT molecular complexity index is 922. The van der Waals surface area contributed by atoms with Gasteiger partial charge < -0.3 is 10.2 Å². The third-order valence-electron chi connectivity index (χ3n) is 4.26. The lowest BCUT2D eigenvalue weighted by atomic mass is 9.99. The number of benzene rings is 2. The van der Waals surface area contributed by atoms with Gasteiger partial charge in [-0.05, 0) is 42.0 Å². The normalized spacial score (nSPS) is 16.8. The Hall–Kier alpha value is -2.59. The molecule has 1 atom stereocenters. The molecule has 0 saturated carbocycles. The fourth-order valence-electron chi connectivity index (χ4n) is 2.94. The van der Waals surface area contributed by atoms with E-state index in [0.717, 1.165) is 39.9 Å². The van der Waals surface area contributed by atoms with Gasteiger partial charge in [0.15, 0.2) is 0 Å². The summed E-state index contributed by atoms with van der Waals surface area (Å²) in [5.41, 5.74) is 7.15. The van der Waals surface area contributed by atoms with Gasteiger partial charge in [0.25, 0.3) is 0 Å². The molecule has 5 heteroatoms. The lowest BCUT2D eigenvalue weighted by Gasteiger charge is -2.13. The first-order valence-corrected chi connectivity index (χ1v) is 8.14. The maximum Gasteiger partial charge on any atom is 0.135 e. The third kappa shape index (κ3) is 2.69. The van der Waals surface area contributed by atoms with Crippen LogP contribution in [0.4, 0.5) is 0 Å². The number of nitrogens with one attached hydrogen (secondary N) is 1. The third-order valence-corrected chi connectivity index (χ3v) is 4.56. The summed E-state index contributed by atoms with van der Waals surface area (Å²) in [5, 5.41) is 6.09. The minimum Gasteiger partial charge on any atom is -0.497 e. The van der Waals surface area contributed by atoms with E-state index >= 15 is 0 Å². The van der Waals surface area contributed by atoms with Crippen LogP contribution in [0.1, 0.15) is 23.6 Å². The molecule has 120 valence electrons. The number of fused-ring (bicyclic) bond motifs is 1. The van der Waals surface area contributed by atoms with Gasteiger partial charge in [-0.15, -0.1) is 0 Å². The SMILES string of the molecule is COc1ccc(C2=NN[C@H](c3cc4ccccc4nc3Cl)C2)cc1. The van der Waals surface area contributed by atoms with Crippen LogP contribution in [0.15, 0.2) is 59.7 Å². The highest BCUT2D eigenvalue weighted by Crippen LogP contribution is 2.31. The fourth-order valence-corrected chi connectivity index (χ4v) is 3.22. The standard InChI is InChI=1S/C19H16ClN3O/c1-24-14-8-6-12(7-9-14)17-11-18(23-22-17)15-10-13-4-2-3-5-16(13)21-19(15)20/h2-10,18,23H,11H2,1H3/t18-/m0/s1. The summed E-state index contributed by atoms with van der Waals surface area (Å²) < 4.78 is 5.20. The van der Waals surface area contributed by atoms with E-state index in [0.29, 0.717) is 5.15 Å². The van der Waals surface area contributed by atoms with Crippen molar-refractivity contribution in [3.63, 3.8) is 0 Å². The highest BCUT2D eigenvalue weighted by Gasteiger charge is 2.24. The summed E-state index contributed by atoms with van der Waals surface area (Å²) in [6.07, 6.45) is 0.770. The van der Waals surface area contributed by atoms with Crippen molar-refractivity contribution in [3.05, 3.63) is 70.9 Å². The van der Waals surface area contributed by atoms with Gasteiger partial charge in [-0.1, -0.05) is 29.8 Å². The molecule has 2 heterocycles. The van der Waals surface area contributed by atoms with Crippen molar-refractivity contribution in [2.75, 3.05) is 7.11 Å². The smallest absolute Gasteiger partial charge is 0.135 e. The molecule has 0 aliphatic carbocycles. The van der Waals surface area contributed by atoms with Crippen LogP contribution in [0.5, 0.6) is 5.75 Å². The average molecular weight is 338 g/mol. The van der Waals surface area contributed by atoms with E-state index in [1.165, 1.54) is 0 Å². The number of hydrazone groups is 1. The molecule has 1 aliphatic rings. The first kappa shape index (κ1) is 15.0. The van der Waals surface area contributed by atoms with Gasteiger partial charge in [-0.3, -0.25) is 0 Å². The molecule has 4 rings (SSSR count). The van der Waals surface area contributed by atoms with E-state index in [4.69, 9.17) is 16.3 Å². The van der Waals surface area contributed by atoms with Crippen LogP contribution in [0, 0.1) is 0 Å². The van der Waals surface area contributed by atoms with Gasteiger partial charge in [0, 0.05) is 17.4 Å². The van der Waals surface area contributed by atoms with Crippen molar-refractivity contribution in [1.29, 1.82) is 0 Å². The number of nitrogens with zero attached hydrogens (tertiary/aromatic N) is 2. The zero-order chi connectivity index (χ0) is 16.5. The summed E-state index contributed by atoms with van der Waals surface area (Å²) in [7, 11) is 1.66. The van der Waals surface area contributed by atoms with Crippen molar-refractivity contribution < 1.29 is 4.74 Å². The van der Waals surface area contributed by atoms with Crippen molar-refractivity contribution in [1.82, 2.24) is 10.4 Å². The molecule has 2 aromatic carbocycles. The fraction of sp³-hybridized carbons (Fsp3) is 0.158. The molecular formula is C19H16ClN3O. The molecule has 0 bridgehead atoms. The van der Waals surface area contributed by atoms with E-state index in [1.807, 2.05) is 48.5 Å². The first-order valence-electron chi connectivity index (χ1n) is 7.76. The zero-order valence-electron chi connectivity index (χ0n) is 13.2. The minimum atomic E-state index is 0.0340. The highest BCUT2D eigenvalue weighted by atomic mass is 35.5. The second kappa shape index (κ2) is 6.13. The summed E-state index contributed by atoms with van der Waals surface area (Å²) >= 11 is 6.40. The van der Waals surface area contributed by atoms with Crippen molar-refractivity contribution in [3.8, 4) is 5.75 Å². The monoisotopic (exact) mass is 337 g/mol. The number of hydrogen-bond acceptors (Lipinski definition) is 4. The average Bonchev–Trinajstić information content (AvgIpc) is 3.11. The molecule has 1 N–H and O–H groups in total. The molecule has 1 aromatic heterocycles. The molecule has 0 spiro atoms. The van der Waals surface area contributed by atoms with Crippen LogP contribution in [-0.4, -0.2) is 17.8 Å². The topological polar surface area (TPSA) is 46.5 Å². The van der Waals surface area contributed by atoms with Gasteiger partial charge in [0.1, 0.15) is 10.9 Å². The van der Waals surface area contributed by atoms with Gasteiger partial charge >= 0.3 is 0 Å². The predicted molar refractivity (Wildman–Crippen MR) is 96.8 cm³/mol. The number of rotatable bonds is 3. The van der Waals surface area contributed by atoms with E-state index in [9.17, 15) is 0 Å². The Morgan fingerprint density at radius 3 is 2.71 bits per heavy atom. The maximum absolute atomic E-state index is 6.40. The number of para-hydroxylation sites is 1. The Labute approximate surface area is 145 Å². The molecule has 4 nitrogen and oxygen atoms in total. The van der Waals surface area contributed by atoms with Crippen molar-refractivity contribution in [2.45, 2.75) is 12.5 Å². The van der Waals surface area contributed by atoms with Gasteiger partial charge in [-0.25, -0.2) is 4.98 Å². The molecule has 1 aliphatic heterocycles. The minimum absolute atomic E-state index is 0.0340. The van der Waals surface area contributed by atoms with Crippen LogP contribution in [0.3, 0.4) is 0 Å². The molecule has 0 saturated heterocycles. The number of aromatic nitrogens is 1. The lowest BCUT2D eigenvalue weighted by molar-refractivity contribution is 0.415. The molecule has 0 amide bonds. The molecule has 0 fully saturated rings. The van der Waals surface area contributed by atoms with Crippen LogP contribution >= 0.6 is 11.6 Å². The number of pyridine rings is 1. The Morgan fingerprint density at radius 2 is 1.92 bits per heavy atom. The number of halogens is 1. The van der Waals surface area contributed by atoms with Crippen LogP contribution in [0.2, 0.25) is 5.15 Å². The molecule has 0 unspecified atom stereocenters. The number of ether oxygens (including phenoxy) is 1. The second-order valence-corrected chi connectivity index (χ2v) is 6.09. The number of methoxy groups -OCH3 is 1. The summed E-state index contributed by atoms with van der Waals surface area (Å²) in [5.74, 6) is 0.837. The van der Waals surface area contributed by atoms with E-state index in [2.05, 4.69) is 21.6 Å². The Kier molecular flexibility index (Phi) is 3.82. The summed E-state index contributed by atoms with van der Waals surface area (Å²) in [6, 6.07) is 18.0. The van der Waals surface area contributed by atoms with Crippen LogP contribution in [0.25, 0.3) is 10.9 Å². The summed E-state index contributed by atoms with van der Waals surface area (Å²) in [4.78, 5) is 4.50. The molecule has 3 aromatic rings.